The van der Waals surface area contributed by atoms with Gasteiger partial charge in [0, 0.05) is 18.6 Å². The van der Waals surface area contributed by atoms with E-state index in [4.69, 9.17) is 0 Å². The maximum atomic E-state index is 3.47. The van der Waals surface area contributed by atoms with Crippen molar-refractivity contribution in [1.82, 2.24) is 15.1 Å². The molecule has 3 heteroatoms. The van der Waals surface area contributed by atoms with E-state index in [1.54, 1.807) is 0 Å². The van der Waals surface area contributed by atoms with E-state index in [1.165, 1.54) is 38.9 Å². The first kappa shape index (κ1) is 13.9. The molecule has 0 amide bonds. The van der Waals surface area contributed by atoms with E-state index in [1.807, 2.05) is 0 Å². The first-order valence-corrected chi connectivity index (χ1v) is 6.71. The van der Waals surface area contributed by atoms with Crippen molar-refractivity contribution in [1.29, 1.82) is 0 Å². The van der Waals surface area contributed by atoms with Crippen LogP contribution >= 0.6 is 0 Å². The zero-order valence-electron chi connectivity index (χ0n) is 11.5. The minimum Gasteiger partial charge on any atom is -0.314 e. The Balaban J connectivity index is 2.04. The lowest BCUT2D eigenvalue weighted by molar-refractivity contribution is 0.218. The van der Waals surface area contributed by atoms with Crippen molar-refractivity contribution in [3.05, 3.63) is 0 Å². The minimum atomic E-state index is 0.617. The van der Waals surface area contributed by atoms with Crippen LogP contribution in [0.1, 0.15) is 33.1 Å². The van der Waals surface area contributed by atoms with E-state index < -0.39 is 0 Å². The van der Waals surface area contributed by atoms with Crippen LogP contribution in [0.5, 0.6) is 0 Å². The summed E-state index contributed by atoms with van der Waals surface area (Å²) in [5, 5.41) is 3.47. The second-order valence-corrected chi connectivity index (χ2v) is 5.50. The van der Waals surface area contributed by atoms with Crippen molar-refractivity contribution in [2.45, 2.75) is 45.2 Å². The molecule has 1 rings (SSSR count). The molecule has 1 atom stereocenters. The van der Waals surface area contributed by atoms with Crippen molar-refractivity contribution in [3.63, 3.8) is 0 Å². The molecular formula is C13H29N3. The van der Waals surface area contributed by atoms with Gasteiger partial charge in [0.15, 0.2) is 0 Å². The van der Waals surface area contributed by atoms with Crippen LogP contribution in [0.2, 0.25) is 0 Å². The standard InChI is InChI=1S/C13H29N3/c1-12(2)14-8-6-9-15(3)11-13-7-5-10-16(13)4/h12-14H,5-11H2,1-4H3. The Morgan fingerprint density at radius 2 is 2.19 bits per heavy atom. The summed E-state index contributed by atoms with van der Waals surface area (Å²) in [6.07, 6.45) is 4.01. The van der Waals surface area contributed by atoms with Crippen molar-refractivity contribution in [3.8, 4) is 0 Å². The van der Waals surface area contributed by atoms with Gasteiger partial charge in [-0.2, -0.15) is 0 Å². The number of nitrogens with one attached hydrogen (secondary N) is 1. The highest BCUT2D eigenvalue weighted by molar-refractivity contribution is 4.78. The highest BCUT2D eigenvalue weighted by atomic mass is 15.2. The van der Waals surface area contributed by atoms with Crippen LogP contribution in [-0.2, 0) is 0 Å². The van der Waals surface area contributed by atoms with Gasteiger partial charge in [-0.05, 0) is 53.0 Å². The lowest BCUT2D eigenvalue weighted by atomic mass is 10.2. The van der Waals surface area contributed by atoms with Crippen LogP contribution in [0.3, 0.4) is 0 Å². The molecule has 0 spiro atoms. The molecule has 1 aliphatic heterocycles. The summed E-state index contributed by atoms with van der Waals surface area (Å²) in [6, 6.07) is 1.41. The van der Waals surface area contributed by atoms with Crippen molar-refractivity contribution >= 4 is 0 Å². The SMILES string of the molecule is CC(C)NCCCN(C)CC1CCCN1C. The van der Waals surface area contributed by atoms with E-state index in [0.29, 0.717) is 6.04 Å². The van der Waals surface area contributed by atoms with E-state index >= 15 is 0 Å². The van der Waals surface area contributed by atoms with Crippen molar-refractivity contribution in [2.75, 3.05) is 40.3 Å². The Morgan fingerprint density at radius 3 is 2.75 bits per heavy atom. The van der Waals surface area contributed by atoms with Gasteiger partial charge in [-0.3, -0.25) is 0 Å². The van der Waals surface area contributed by atoms with Crippen molar-refractivity contribution in [2.24, 2.45) is 0 Å². The second-order valence-electron chi connectivity index (χ2n) is 5.50. The van der Waals surface area contributed by atoms with Crippen LogP contribution in [0.15, 0.2) is 0 Å². The van der Waals surface area contributed by atoms with Gasteiger partial charge in [0.25, 0.3) is 0 Å². The maximum Gasteiger partial charge on any atom is 0.0220 e. The van der Waals surface area contributed by atoms with Gasteiger partial charge in [-0.15, -0.1) is 0 Å². The Kier molecular flexibility index (Phi) is 6.32. The molecule has 3 nitrogen and oxygen atoms in total. The number of hydrogen-bond acceptors (Lipinski definition) is 3. The van der Waals surface area contributed by atoms with Gasteiger partial charge in [-0.1, -0.05) is 13.8 Å². The van der Waals surface area contributed by atoms with E-state index in [2.05, 4.69) is 43.1 Å². The first-order chi connectivity index (χ1) is 7.59. The second kappa shape index (κ2) is 7.25. The zero-order chi connectivity index (χ0) is 12.0. The Labute approximate surface area is 101 Å². The molecule has 0 aliphatic carbocycles. The van der Waals surface area contributed by atoms with Gasteiger partial charge in [-0.25, -0.2) is 0 Å². The summed E-state index contributed by atoms with van der Waals surface area (Å²) in [5.74, 6) is 0. The smallest absolute Gasteiger partial charge is 0.0220 e. The molecule has 0 bridgehead atoms. The van der Waals surface area contributed by atoms with Crippen LogP contribution in [0.4, 0.5) is 0 Å². The molecule has 0 aromatic rings. The molecule has 1 aliphatic rings. The third kappa shape index (κ3) is 5.28. The van der Waals surface area contributed by atoms with E-state index in [0.717, 1.165) is 12.6 Å². The van der Waals surface area contributed by atoms with Crippen molar-refractivity contribution < 1.29 is 0 Å². The predicted molar refractivity (Wildman–Crippen MR) is 70.9 cm³/mol. The monoisotopic (exact) mass is 227 g/mol. The zero-order valence-corrected chi connectivity index (χ0v) is 11.5. The fraction of sp³-hybridized carbons (Fsp3) is 1.00. The topological polar surface area (TPSA) is 18.5 Å². The summed E-state index contributed by atoms with van der Waals surface area (Å²) in [7, 11) is 4.51. The highest BCUT2D eigenvalue weighted by Gasteiger charge is 2.21. The number of likely N-dealkylation sites (tertiary alicyclic amines) is 1. The summed E-state index contributed by atoms with van der Waals surface area (Å²) < 4.78 is 0. The molecule has 1 heterocycles. The quantitative estimate of drug-likeness (QED) is 0.663. The third-order valence-corrected chi connectivity index (χ3v) is 3.46. The largest absolute Gasteiger partial charge is 0.314 e. The fourth-order valence-electron chi connectivity index (χ4n) is 2.40. The molecule has 1 fully saturated rings. The highest BCUT2D eigenvalue weighted by Crippen LogP contribution is 2.15. The molecule has 96 valence electrons. The van der Waals surface area contributed by atoms with Gasteiger partial charge >= 0.3 is 0 Å². The lowest BCUT2D eigenvalue weighted by Gasteiger charge is -2.25. The van der Waals surface area contributed by atoms with E-state index in [-0.39, 0.29) is 0 Å². The summed E-state index contributed by atoms with van der Waals surface area (Å²) in [5.41, 5.74) is 0. The maximum absolute atomic E-state index is 3.47. The van der Waals surface area contributed by atoms with Gasteiger partial charge in [0.2, 0.25) is 0 Å². The summed E-state index contributed by atoms with van der Waals surface area (Å²) >= 11 is 0. The van der Waals surface area contributed by atoms with Gasteiger partial charge < -0.3 is 15.1 Å². The normalized spacial score (nSPS) is 22.5. The Hall–Kier alpha value is -0.120. The molecule has 16 heavy (non-hydrogen) atoms. The minimum absolute atomic E-state index is 0.617. The molecule has 1 unspecified atom stereocenters. The average Bonchev–Trinajstić information content (AvgIpc) is 2.59. The molecule has 0 saturated carbocycles. The number of rotatable bonds is 7. The molecule has 0 aromatic heterocycles. The molecular weight excluding hydrogens is 198 g/mol. The lowest BCUT2D eigenvalue weighted by Crippen LogP contribution is -2.37. The predicted octanol–water partition coefficient (Wildman–Crippen LogP) is 1.40. The third-order valence-electron chi connectivity index (χ3n) is 3.46. The van der Waals surface area contributed by atoms with Crippen LogP contribution < -0.4 is 5.32 Å². The fourth-order valence-corrected chi connectivity index (χ4v) is 2.40. The average molecular weight is 227 g/mol. The molecule has 0 radical (unpaired) electrons. The van der Waals surface area contributed by atoms with Crippen LogP contribution in [0.25, 0.3) is 0 Å². The number of nitrogens with zero attached hydrogens (tertiary/aromatic N) is 2. The van der Waals surface area contributed by atoms with Gasteiger partial charge in [0.1, 0.15) is 0 Å². The summed E-state index contributed by atoms with van der Waals surface area (Å²) in [4.78, 5) is 4.98. The number of hydrogen-bond donors (Lipinski definition) is 1. The Bertz CT molecular complexity index is 182. The van der Waals surface area contributed by atoms with Gasteiger partial charge in [0.05, 0.1) is 0 Å². The molecule has 0 aromatic carbocycles. The van der Waals surface area contributed by atoms with Crippen LogP contribution in [0, 0.1) is 0 Å². The summed E-state index contributed by atoms with van der Waals surface area (Å²) in [6.45, 7) is 9.28. The van der Waals surface area contributed by atoms with Crippen LogP contribution in [-0.4, -0.2) is 62.2 Å². The Morgan fingerprint density at radius 1 is 1.44 bits per heavy atom. The first-order valence-electron chi connectivity index (χ1n) is 6.71. The number of likely N-dealkylation sites (N-methyl/N-ethyl adjacent to an activating group) is 2. The van der Waals surface area contributed by atoms with E-state index in [9.17, 15) is 0 Å². The molecule has 1 N–H and O–H groups in total. The molecule has 1 saturated heterocycles.